The van der Waals surface area contributed by atoms with E-state index < -0.39 is 10.0 Å². The molecule has 0 spiro atoms. The minimum Gasteiger partial charge on any atom is -0.278 e. The summed E-state index contributed by atoms with van der Waals surface area (Å²) in [7, 11) is -3.54. The van der Waals surface area contributed by atoms with Crippen LogP contribution in [0.5, 0.6) is 0 Å². The zero-order chi connectivity index (χ0) is 13.2. The second-order valence-corrected chi connectivity index (χ2v) is 6.44. The Morgan fingerprint density at radius 1 is 1.06 bits per heavy atom. The fourth-order valence-electron chi connectivity index (χ4n) is 1.53. The highest BCUT2D eigenvalue weighted by Crippen LogP contribution is 2.24. The van der Waals surface area contributed by atoms with Crippen LogP contribution in [0.3, 0.4) is 0 Å². The molecule has 94 valence electrons. The van der Waals surface area contributed by atoms with Crippen LogP contribution in [-0.2, 0) is 10.0 Å². The second-order valence-electron chi connectivity index (χ2n) is 3.90. The molecule has 0 saturated heterocycles. The Kier molecular flexibility index (Phi) is 3.73. The summed E-state index contributed by atoms with van der Waals surface area (Å²) < 4.78 is 27.6. The third kappa shape index (κ3) is 2.91. The van der Waals surface area contributed by atoms with Gasteiger partial charge in [0.2, 0.25) is 0 Å². The molecule has 0 aliphatic heterocycles. The van der Waals surface area contributed by atoms with E-state index in [-0.39, 0.29) is 4.90 Å². The zero-order valence-corrected chi connectivity index (χ0v) is 12.1. The predicted molar refractivity (Wildman–Crippen MR) is 76.1 cm³/mol. The van der Waals surface area contributed by atoms with Crippen molar-refractivity contribution in [2.45, 2.75) is 11.8 Å². The highest BCUT2D eigenvalue weighted by atomic mass is 79.9. The fraction of sp³-hybridized carbons (Fsp3) is 0.0769. The van der Waals surface area contributed by atoms with Crippen molar-refractivity contribution in [2.24, 2.45) is 0 Å². The maximum absolute atomic E-state index is 12.2. The Morgan fingerprint density at radius 3 is 2.44 bits per heavy atom. The molecule has 2 aromatic carbocycles. The van der Waals surface area contributed by atoms with E-state index in [4.69, 9.17) is 0 Å². The van der Waals surface area contributed by atoms with Gasteiger partial charge in [0, 0.05) is 4.47 Å². The lowest BCUT2D eigenvalue weighted by Gasteiger charge is -2.09. The van der Waals surface area contributed by atoms with Crippen molar-refractivity contribution >= 4 is 31.6 Å². The van der Waals surface area contributed by atoms with Crippen molar-refractivity contribution < 1.29 is 8.42 Å². The molecule has 3 nitrogen and oxygen atoms in total. The van der Waals surface area contributed by atoms with Gasteiger partial charge >= 0.3 is 0 Å². The van der Waals surface area contributed by atoms with Gasteiger partial charge in [-0.15, -0.1) is 0 Å². The number of anilines is 1. The molecule has 0 amide bonds. The monoisotopic (exact) mass is 325 g/mol. The molecule has 0 heterocycles. The fourth-order valence-corrected chi connectivity index (χ4v) is 3.23. The highest BCUT2D eigenvalue weighted by Gasteiger charge is 2.15. The predicted octanol–water partition coefficient (Wildman–Crippen LogP) is 3.56. The van der Waals surface area contributed by atoms with Crippen LogP contribution in [0.2, 0.25) is 0 Å². The Hall–Kier alpha value is -1.33. The van der Waals surface area contributed by atoms with Crippen molar-refractivity contribution in [3.05, 3.63) is 58.6 Å². The molecule has 0 fully saturated rings. The third-order valence-electron chi connectivity index (χ3n) is 2.42. The summed E-state index contributed by atoms with van der Waals surface area (Å²) in [5.41, 5.74) is 1.43. The average molecular weight is 326 g/mol. The normalized spacial score (nSPS) is 11.2. The molecule has 0 aliphatic rings. The minimum absolute atomic E-state index is 0.262. The van der Waals surface area contributed by atoms with Crippen LogP contribution in [0.4, 0.5) is 5.69 Å². The number of para-hydroxylation sites is 1. The number of hydrogen-bond donors (Lipinski definition) is 1. The van der Waals surface area contributed by atoms with Crippen LogP contribution in [0.1, 0.15) is 5.56 Å². The summed E-state index contributed by atoms with van der Waals surface area (Å²) >= 11 is 3.31. The molecule has 5 heteroatoms. The molecule has 2 rings (SSSR count). The maximum Gasteiger partial charge on any atom is 0.261 e. The molecule has 0 atom stereocenters. The Balaban J connectivity index is 2.37. The summed E-state index contributed by atoms with van der Waals surface area (Å²) in [4.78, 5) is 0.262. The van der Waals surface area contributed by atoms with Gasteiger partial charge in [-0.3, -0.25) is 4.72 Å². The van der Waals surface area contributed by atoms with Crippen LogP contribution in [0.15, 0.2) is 57.9 Å². The number of aryl methyl sites for hydroxylation is 1. The van der Waals surface area contributed by atoms with Gasteiger partial charge in [-0.2, -0.15) is 0 Å². The standard InChI is InChI=1S/C13H12BrNO2S/c1-10-5-4-6-11(9-10)18(16,17)15-13-8-3-2-7-12(13)14/h2-9,15H,1H3. The molecule has 1 N–H and O–H groups in total. The van der Waals surface area contributed by atoms with E-state index >= 15 is 0 Å². The number of rotatable bonds is 3. The molecule has 0 radical (unpaired) electrons. The smallest absolute Gasteiger partial charge is 0.261 e. The van der Waals surface area contributed by atoms with Crippen molar-refractivity contribution in [3.8, 4) is 0 Å². The second kappa shape index (κ2) is 5.12. The number of nitrogens with one attached hydrogen (secondary N) is 1. The van der Waals surface area contributed by atoms with Crippen LogP contribution in [-0.4, -0.2) is 8.42 Å². The largest absolute Gasteiger partial charge is 0.278 e. The van der Waals surface area contributed by atoms with Crippen molar-refractivity contribution in [3.63, 3.8) is 0 Å². The first-order valence-electron chi connectivity index (χ1n) is 5.33. The summed E-state index contributed by atoms with van der Waals surface area (Å²) in [6.45, 7) is 1.86. The first-order chi connectivity index (χ1) is 8.49. The van der Waals surface area contributed by atoms with Crippen molar-refractivity contribution in [2.75, 3.05) is 4.72 Å². The number of sulfonamides is 1. The summed E-state index contributed by atoms with van der Waals surface area (Å²) in [5.74, 6) is 0. The molecule has 2 aromatic rings. The van der Waals surface area contributed by atoms with E-state index in [0.717, 1.165) is 5.56 Å². The Bertz CT molecular complexity index is 668. The van der Waals surface area contributed by atoms with Gasteiger partial charge in [0.05, 0.1) is 10.6 Å². The van der Waals surface area contributed by atoms with Gasteiger partial charge in [0.1, 0.15) is 0 Å². The van der Waals surface area contributed by atoms with Crippen LogP contribution in [0.25, 0.3) is 0 Å². The van der Waals surface area contributed by atoms with E-state index in [9.17, 15) is 8.42 Å². The molecule has 0 saturated carbocycles. The van der Waals surface area contributed by atoms with Gasteiger partial charge in [-0.25, -0.2) is 8.42 Å². The number of hydrogen-bond acceptors (Lipinski definition) is 2. The topological polar surface area (TPSA) is 46.2 Å². The first kappa shape index (κ1) is 13.1. The SMILES string of the molecule is Cc1cccc(S(=O)(=O)Nc2ccccc2Br)c1. The minimum atomic E-state index is -3.54. The molecular weight excluding hydrogens is 314 g/mol. The summed E-state index contributed by atoms with van der Waals surface area (Å²) in [6, 6.07) is 13.9. The lowest BCUT2D eigenvalue weighted by molar-refractivity contribution is 0.601. The summed E-state index contributed by atoms with van der Waals surface area (Å²) in [6.07, 6.45) is 0. The lowest BCUT2D eigenvalue weighted by atomic mass is 10.2. The van der Waals surface area contributed by atoms with Crippen LogP contribution >= 0.6 is 15.9 Å². The van der Waals surface area contributed by atoms with Crippen LogP contribution < -0.4 is 4.72 Å². The molecular formula is C13H12BrNO2S. The van der Waals surface area contributed by atoms with Gasteiger partial charge in [-0.05, 0) is 52.7 Å². The maximum atomic E-state index is 12.2. The number of benzene rings is 2. The van der Waals surface area contributed by atoms with Gasteiger partial charge in [0.25, 0.3) is 10.0 Å². The zero-order valence-electron chi connectivity index (χ0n) is 9.72. The lowest BCUT2D eigenvalue weighted by Crippen LogP contribution is -2.13. The average Bonchev–Trinajstić information content (AvgIpc) is 2.32. The molecule has 0 bridgehead atoms. The molecule has 18 heavy (non-hydrogen) atoms. The van der Waals surface area contributed by atoms with Gasteiger partial charge in [0.15, 0.2) is 0 Å². The van der Waals surface area contributed by atoms with Crippen molar-refractivity contribution in [1.29, 1.82) is 0 Å². The molecule has 0 unspecified atom stereocenters. The Morgan fingerprint density at radius 2 is 1.78 bits per heavy atom. The molecule has 0 aliphatic carbocycles. The Labute approximate surface area is 115 Å². The van der Waals surface area contributed by atoms with E-state index in [1.165, 1.54) is 0 Å². The molecule has 0 aromatic heterocycles. The van der Waals surface area contributed by atoms with Crippen molar-refractivity contribution in [1.82, 2.24) is 0 Å². The third-order valence-corrected chi connectivity index (χ3v) is 4.47. The van der Waals surface area contributed by atoms with Crippen LogP contribution in [0, 0.1) is 6.92 Å². The van der Waals surface area contributed by atoms with E-state index in [1.807, 2.05) is 19.1 Å². The highest BCUT2D eigenvalue weighted by molar-refractivity contribution is 9.10. The number of halogens is 1. The first-order valence-corrected chi connectivity index (χ1v) is 7.61. The van der Waals surface area contributed by atoms with E-state index in [1.54, 1.807) is 36.4 Å². The van der Waals surface area contributed by atoms with E-state index in [0.29, 0.717) is 10.2 Å². The quantitative estimate of drug-likeness (QED) is 0.937. The van der Waals surface area contributed by atoms with Gasteiger partial charge < -0.3 is 0 Å². The summed E-state index contributed by atoms with van der Waals surface area (Å²) in [5, 5.41) is 0. The van der Waals surface area contributed by atoms with E-state index in [2.05, 4.69) is 20.7 Å². The van der Waals surface area contributed by atoms with Gasteiger partial charge in [-0.1, -0.05) is 24.3 Å².